The first-order valence-electron chi connectivity index (χ1n) is 6.74. The number of carbonyl (C=O) groups is 1. The van der Waals surface area contributed by atoms with Gasteiger partial charge in [-0.1, -0.05) is 29.8 Å². The van der Waals surface area contributed by atoms with Crippen molar-refractivity contribution in [2.45, 2.75) is 26.3 Å². The van der Waals surface area contributed by atoms with Crippen LogP contribution in [0.1, 0.15) is 24.0 Å². The predicted octanol–water partition coefficient (Wildman–Crippen LogP) is 1.63. The Morgan fingerprint density at radius 1 is 1.32 bits per heavy atom. The summed E-state index contributed by atoms with van der Waals surface area (Å²) >= 11 is 0. The van der Waals surface area contributed by atoms with Gasteiger partial charge in [0.25, 0.3) is 0 Å². The Bertz CT molecular complexity index is 380. The molecular weight excluding hydrogens is 240 g/mol. The number of methoxy groups -OCH3 is 1. The van der Waals surface area contributed by atoms with Gasteiger partial charge in [0.15, 0.2) is 0 Å². The zero-order valence-electron chi connectivity index (χ0n) is 11.9. The topological polar surface area (TPSA) is 50.4 Å². The average molecular weight is 264 g/mol. The van der Waals surface area contributed by atoms with Gasteiger partial charge in [-0.15, -0.1) is 0 Å². The first kappa shape index (κ1) is 15.7. The molecule has 19 heavy (non-hydrogen) atoms. The quantitative estimate of drug-likeness (QED) is 0.667. The van der Waals surface area contributed by atoms with E-state index in [1.165, 1.54) is 5.56 Å². The van der Waals surface area contributed by atoms with Crippen LogP contribution in [-0.2, 0) is 16.1 Å². The summed E-state index contributed by atoms with van der Waals surface area (Å²) in [6.07, 6.45) is 1.49. The van der Waals surface area contributed by atoms with Gasteiger partial charge in [0.05, 0.1) is 0 Å². The van der Waals surface area contributed by atoms with Crippen molar-refractivity contribution in [2.75, 3.05) is 26.8 Å². The van der Waals surface area contributed by atoms with Crippen molar-refractivity contribution in [2.24, 2.45) is 0 Å². The third kappa shape index (κ3) is 7.59. The van der Waals surface area contributed by atoms with Crippen LogP contribution in [0.15, 0.2) is 24.3 Å². The normalized spacial score (nSPS) is 10.4. The molecule has 0 radical (unpaired) electrons. The van der Waals surface area contributed by atoms with Crippen LogP contribution in [0.25, 0.3) is 0 Å². The summed E-state index contributed by atoms with van der Waals surface area (Å²) in [4.78, 5) is 11.6. The largest absolute Gasteiger partial charge is 0.385 e. The molecule has 0 aromatic heterocycles. The molecule has 0 fully saturated rings. The van der Waals surface area contributed by atoms with Gasteiger partial charge in [-0.25, -0.2) is 0 Å². The van der Waals surface area contributed by atoms with Crippen LogP contribution in [-0.4, -0.2) is 32.7 Å². The number of benzene rings is 1. The number of nitrogens with one attached hydrogen (secondary N) is 2. The van der Waals surface area contributed by atoms with Crippen molar-refractivity contribution in [1.29, 1.82) is 0 Å². The van der Waals surface area contributed by atoms with E-state index in [4.69, 9.17) is 4.74 Å². The SMILES string of the molecule is COCCCNCCC(=O)NCc1cccc(C)c1. The fraction of sp³-hybridized carbons (Fsp3) is 0.533. The van der Waals surface area contributed by atoms with Gasteiger partial charge in [0.1, 0.15) is 0 Å². The molecular formula is C15H24N2O2. The molecule has 0 spiro atoms. The number of aryl methyl sites for hydroxylation is 1. The van der Waals surface area contributed by atoms with Crippen molar-refractivity contribution < 1.29 is 9.53 Å². The van der Waals surface area contributed by atoms with Crippen molar-refractivity contribution in [1.82, 2.24) is 10.6 Å². The van der Waals surface area contributed by atoms with E-state index in [0.717, 1.165) is 25.1 Å². The van der Waals surface area contributed by atoms with Gasteiger partial charge in [0.2, 0.25) is 5.91 Å². The van der Waals surface area contributed by atoms with E-state index in [-0.39, 0.29) is 5.91 Å². The van der Waals surface area contributed by atoms with Crippen LogP contribution in [0.4, 0.5) is 0 Å². The van der Waals surface area contributed by atoms with E-state index < -0.39 is 0 Å². The van der Waals surface area contributed by atoms with Crippen molar-refractivity contribution in [3.05, 3.63) is 35.4 Å². The maximum absolute atomic E-state index is 11.6. The van der Waals surface area contributed by atoms with Gasteiger partial charge in [-0.05, 0) is 25.5 Å². The minimum Gasteiger partial charge on any atom is -0.385 e. The summed E-state index contributed by atoms with van der Waals surface area (Å²) in [6.45, 7) is 5.01. The first-order chi connectivity index (χ1) is 9.22. The van der Waals surface area contributed by atoms with E-state index >= 15 is 0 Å². The fourth-order valence-electron chi connectivity index (χ4n) is 1.78. The van der Waals surface area contributed by atoms with Crippen LogP contribution < -0.4 is 10.6 Å². The van der Waals surface area contributed by atoms with Crippen LogP contribution in [0.2, 0.25) is 0 Å². The number of rotatable bonds is 9. The molecule has 1 amide bonds. The highest BCUT2D eigenvalue weighted by molar-refractivity contribution is 5.76. The Kier molecular flexibility index (Phi) is 7.86. The lowest BCUT2D eigenvalue weighted by Crippen LogP contribution is -2.28. The van der Waals surface area contributed by atoms with E-state index in [0.29, 0.717) is 19.5 Å². The molecule has 0 saturated carbocycles. The van der Waals surface area contributed by atoms with Crippen LogP contribution in [0, 0.1) is 6.92 Å². The van der Waals surface area contributed by atoms with Gasteiger partial charge in [-0.2, -0.15) is 0 Å². The second kappa shape index (κ2) is 9.53. The van der Waals surface area contributed by atoms with Gasteiger partial charge < -0.3 is 15.4 Å². The summed E-state index contributed by atoms with van der Waals surface area (Å²) in [5.74, 6) is 0.0840. The molecule has 0 aliphatic rings. The zero-order valence-corrected chi connectivity index (χ0v) is 11.9. The van der Waals surface area contributed by atoms with Gasteiger partial charge in [-0.3, -0.25) is 4.79 Å². The van der Waals surface area contributed by atoms with Crippen molar-refractivity contribution >= 4 is 5.91 Å². The standard InChI is InChI=1S/C15H24N2O2/c1-13-5-3-6-14(11-13)12-17-15(18)7-9-16-8-4-10-19-2/h3,5-6,11,16H,4,7-10,12H2,1-2H3,(H,17,18). The highest BCUT2D eigenvalue weighted by Gasteiger charge is 2.01. The number of ether oxygens (including phenoxy) is 1. The molecule has 0 bridgehead atoms. The lowest BCUT2D eigenvalue weighted by Gasteiger charge is -2.07. The minimum absolute atomic E-state index is 0.0840. The second-order valence-corrected chi connectivity index (χ2v) is 4.61. The Labute approximate surface area is 115 Å². The molecule has 0 unspecified atom stereocenters. The van der Waals surface area contributed by atoms with E-state index in [1.54, 1.807) is 7.11 Å². The summed E-state index contributed by atoms with van der Waals surface area (Å²) in [5.41, 5.74) is 2.35. The van der Waals surface area contributed by atoms with Crippen LogP contribution in [0.3, 0.4) is 0 Å². The Hall–Kier alpha value is -1.39. The van der Waals surface area contributed by atoms with E-state index in [1.807, 2.05) is 12.1 Å². The molecule has 0 saturated heterocycles. The second-order valence-electron chi connectivity index (χ2n) is 4.61. The third-order valence-electron chi connectivity index (χ3n) is 2.80. The zero-order chi connectivity index (χ0) is 13.9. The molecule has 1 aromatic carbocycles. The molecule has 1 rings (SSSR count). The lowest BCUT2D eigenvalue weighted by molar-refractivity contribution is -0.121. The number of hydrogen-bond acceptors (Lipinski definition) is 3. The van der Waals surface area contributed by atoms with Gasteiger partial charge in [0, 0.05) is 33.2 Å². The summed E-state index contributed by atoms with van der Waals surface area (Å²) in [6, 6.07) is 8.17. The molecule has 4 heteroatoms. The summed E-state index contributed by atoms with van der Waals surface area (Å²) < 4.78 is 4.95. The Balaban J connectivity index is 2.08. The summed E-state index contributed by atoms with van der Waals surface area (Å²) in [7, 11) is 1.69. The number of hydrogen-bond donors (Lipinski definition) is 2. The fourth-order valence-corrected chi connectivity index (χ4v) is 1.78. The third-order valence-corrected chi connectivity index (χ3v) is 2.80. The predicted molar refractivity (Wildman–Crippen MR) is 77.0 cm³/mol. The number of amides is 1. The molecule has 2 N–H and O–H groups in total. The Morgan fingerprint density at radius 2 is 2.16 bits per heavy atom. The molecule has 4 nitrogen and oxygen atoms in total. The average Bonchev–Trinajstić information content (AvgIpc) is 2.40. The Morgan fingerprint density at radius 3 is 2.89 bits per heavy atom. The van der Waals surface area contributed by atoms with Crippen LogP contribution >= 0.6 is 0 Å². The molecule has 0 aliphatic heterocycles. The first-order valence-corrected chi connectivity index (χ1v) is 6.74. The van der Waals surface area contributed by atoms with Gasteiger partial charge >= 0.3 is 0 Å². The highest BCUT2D eigenvalue weighted by atomic mass is 16.5. The lowest BCUT2D eigenvalue weighted by atomic mass is 10.1. The van der Waals surface area contributed by atoms with E-state index in [2.05, 4.69) is 29.7 Å². The number of carbonyl (C=O) groups excluding carboxylic acids is 1. The monoisotopic (exact) mass is 264 g/mol. The molecule has 0 atom stereocenters. The minimum atomic E-state index is 0.0840. The molecule has 106 valence electrons. The molecule has 1 aromatic rings. The van der Waals surface area contributed by atoms with Crippen molar-refractivity contribution in [3.8, 4) is 0 Å². The highest BCUT2D eigenvalue weighted by Crippen LogP contribution is 2.03. The molecule has 0 aliphatic carbocycles. The maximum Gasteiger partial charge on any atom is 0.221 e. The van der Waals surface area contributed by atoms with Crippen molar-refractivity contribution in [3.63, 3.8) is 0 Å². The summed E-state index contributed by atoms with van der Waals surface area (Å²) in [5, 5.41) is 6.14. The maximum atomic E-state index is 11.6. The smallest absolute Gasteiger partial charge is 0.221 e. The van der Waals surface area contributed by atoms with E-state index in [9.17, 15) is 4.79 Å². The van der Waals surface area contributed by atoms with Crippen LogP contribution in [0.5, 0.6) is 0 Å². The molecule has 0 heterocycles.